The molecule has 1 heterocycles. The molecule has 3 nitrogen and oxygen atoms in total. The van der Waals surface area contributed by atoms with Crippen molar-refractivity contribution in [1.82, 2.24) is 9.55 Å². The molecule has 0 fully saturated rings. The molecule has 1 aromatic heterocycles. The van der Waals surface area contributed by atoms with E-state index >= 15 is 0 Å². The lowest BCUT2D eigenvalue weighted by Crippen LogP contribution is -2.05. The highest BCUT2D eigenvalue weighted by Gasteiger charge is 2.07. The Morgan fingerprint density at radius 1 is 1.29 bits per heavy atom. The summed E-state index contributed by atoms with van der Waals surface area (Å²) in [5.74, 6) is 0.891. The predicted octanol–water partition coefficient (Wildman–Crippen LogP) is 3.68. The molecule has 0 amide bonds. The number of nitrogens with zero attached hydrogens (tertiary/aromatic N) is 2. The number of benzene rings is 1. The SMILES string of the molecule is CCNc1nc(C)cn1-c1cc(C)cc(Br)c1. The van der Waals surface area contributed by atoms with E-state index in [9.17, 15) is 0 Å². The number of hydrogen-bond acceptors (Lipinski definition) is 2. The van der Waals surface area contributed by atoms with Gasteiger partial charge in [0.25, 0.3) is 0 Å². The molecule has 0 spiro atoms. The van der Waals surface area contributed by atoms with Crippen LogP contribution in [0.5, 0.6) is 0 Å². The first-order valence-corrected chi connectivity index (χ1v) is 6.47. The number of halogens is 1. The van der Waals surface area contributed by atoms with Crippen LogP contribution in [0.1, 0.15) is 18.2 Å². The van der Waals surface area contributed by atoms with Crippen molar-refractivity contribution in [2.24, 2.45) is 0 Å². The molecule has 0 radical (unpaired) electrons. The summed E-state index contributed by atoms with van der Waals surface area (Å²) in [5.41, 5.74) is 3.36. The van der Waals surface area contributed by atoms with Gasteiger partial charge in [-0.1, -0.05) is 15.9 Å². The fourth-order valence-corrected chi connectivity index (χ4v) is 2.43. The molecule has 1 N–H and O–H groups in total. The molecule has 1 aromatic carbocycles. The average molecular weight is 294 g/mol. The van der Waals surface area contributed by atoms with Gasteiger partial charge in [0.05, 0.1) is 5.69 Å². The van der Waals surface area contributed by atoms with E-state index in [2.05, 4.69) is 62.8 Å². The monoisotopic (exact) mass is 293 g/mol. The molecule has 2 aromatic rings. The zero-order chi connectivity index (χ0) is 12.4. The van der Waals surface area contributed by atoms with E-state index in [4.69, 9.17) is 0 Å². The van der Waals surface area contributed by atoms with Crippen LogP contribution in [0.3, 0.4) is 0 Å². The summed E-state index contributed by atoms with van der Waals surface area (Å²) < 4.78 is 3.16. The van der Waals surface area contributed by atoms with Gasteiger partial charge in [0.1, 0.15) is 0 Å². The van der Waals surface area contributed by atoms with E-state index in [1.54, 1.807) is 0 Å². The minimum atomic E-state index is 0.865. The lowest BCUT2D eigenvalue weighted by atomic mass is 10.2. The second-order valence-electron chi connectivity index (χ2n) is 4.09. The van der Waals surface area contributed by atoms with Crippen LogP contribution >= 0.6 is 15.9 Å². The fourth-order valence-electron chi connectivity index (χ4n) is 1.83. The van der Waals surface area contributed by atoms with Crippen molar-refractivity contribution in [3.05, 3.63) is 40.1 Å². The number of aryl methyl sites for hydroxylation is 2. The highest BCUT2D eigenvalue weighted by atomic mass is 79.9. The van der Waals surface area contributed by atoms with Crippen molar-refractivity contribution in [3.8, 4) is 5.69 Å². The minimum absolute atomic E-state index is 0.865. The first-order valence-electron chi connectivity index (χ1n) is 5.67. The van der Waals surface area contributed by atoms with Crippen molar-refractivity contribution in [1.29, 1.82) is 0 Å². The number of nitrogens with one attached hydrogen (secondary N) is 1. The van der Waals surface area contributed by atoms with E-state index in [1.807, 2.05) is 13.1 Å². The van der Waals surface area contributed by atoms with Gasteiger partial charge in [-0.2, -0.15) is 0 Å². The normalized spacial score (nSPS) is 10.6. The topological polar surface area (TPSA) is 29.9 Å². The second-order valence-corrected chi connectivity index (χ2v) is 5.01. The summed E-state index contributed by atoms with van der Waals surface area (Å²) in [4.78, 5) is 4.47. The summed E-state index contributed by atoms with van der Waals surface area (Å²) in [5, 5.41) is 3.27. The number of anilines is 1. The molecule has 0 unspecified atom stereocenters. The molecule has 0 saturated carbocycles. The van der Waals surface area contributed by atoms with Gasteiger partial charge in [-0.3, -0.25) is 4.57 Å². The second kappa shape index (κ2) is 4.92. The maximum Gasteiger partial charge on any atom is 0.207 e. The summed E-state index contributed by atoms with van der Waals surface area (Å²) in [6.07, 6.45) is 2.04. The zero-order valence-corrected chi connectivity index (χ0v) is 11.9. The molecule has 2 rings (SSSR count). The first kappa shape index (κ1) is 12.2. The molecule has 0 aliphatic heterocycles. The van der Waals surface area contributed by atoms with Gasteiger partial charge in [-0.25, -0.2) is 4.98 Å². The van der Waals surface area contributed by atoms with Crippen LogP contribution in [0.2, 0.25) is 0 Å². The molecular weight excluding hydrogens is 278 g/mol. The van der Waals surface area contributed by atoms with E-state index in [0.717, 1.165) is 28.3 Å². The molecule has 17 heavy (non-hydrogen) atoms. The lowest BCUT2D eigenvalue weighted by Gasteiger charge is -2.09. The van der Waals surface area contributed by atoms with Gasteiger partial charge in [0.2, 0.25) is 5.95 Å². The first-order chi connectivity index (χ1) is 8.10. The Morgan fingerprint density at radius 3 is 2.71 bits per heavy atom. The average Bonchev–Trinajstić information content (AvgIpc) is 2.58. The van der Waals surface area contributed by atoms with Crippen molar-refractivity contribution in [2.75, 3.05) is 11.9 Å². The Bertz CT molecular complexity index is 511. The predicted molar refractivity (Wildman–Crippen MR) is 74.9 cm³/mol. The highest BCUT2D eigenvalue weighted by Crippen LogP contribution is 2.22. The maximum absolute atomic E-state index is 4.47. The van der Waals surface area contributed by atoms with E-state index < -0.39 is 0 Å². The zero-order valence-electron chi connectivity index (χ0n) is 10.3. The van der Waals surface area contributed by atoms with E-state index in [1.165, 1.54) is 5.56 Å². The Hall–Kier alpha value is -1.29. The van der Waals surface area contributed by atoms with Crippen LogP contribution < -0.4 is 5.32 Å². The third kappa shape index (κ3) is 2.69. The van der Waals surface area contributed by atoms with E-state index in [0.29, 0.717) is 0 Å². The Balaban J connectivity index is 2.51. The van der Waals surface area contributed by atoms with Gasteiger partial charge < -0.3 is 5.32 Å². The van der Waals surface area contributed by atoms with Crippen molar-refractivity contribution < 1.29 is 0 Å². The number of imidazole rings is 1. The Kier molecular flexibility index (Phi) is 3.52. The molecule has 0 atom stereocenters. The van der Waals surface area contributed by atoms with Gasteiger partial charge in [0, 0.05) is 22.9 Å². The standard InChI is InChI=1S/C13H16BrN3/c1-4-15-13-16-10(3)8-17(13)12-6-9(2)5-11(14)7-12/h5-8H,4H2,1-3H3,(H,15,16). The quantitative estimate of drug-likeness (QED) is 0.935. The molecule has 0 aliphatic carbocycles. The van der Waals surface area contributed by atoms with E-state index in [-0.39, 0.29) is 0 Å². The van der Waals surface area contributed by atoms with Crippen LogP contribution in [0.15, 0.2) is 28.9 Å². The van der Waals surface area contributed by atoms with Crippen LogP contribution in [0, 0.1) is 13.8 Å². The Labute approximate surface area is 110 Å². The molecule has 0 saturated heterocycles. The highest BCUT2D eigenvalue weighted by molar-refractivity contribution is 9.10. The molecule has 4 heteroatoms. The van der Waals surface area contributed by atoms with Crippen LogP contribution in [-0.4, -0.2) is 16.1 Å². The molecule has 0 bridgehead atoms. The van der Waals surface area contributed by atoms with Crippen LogP contribution in [0.4, 0.5) is 5.95 Å². The number of rotatable bonds is 3. The van der Waals surface area contributed by atoms with Gasteiger partial charge >= 0.3 is 0 Å². The van der Waals surface area contributed by atoms with Crippen molar-refractivity contribution in [2.45, 2.75) is 20.8 Å². The fraction of sp³-hybridized carbons (Fsp3) is 0.308. The molecule has 0 aliphatic rings. The number of hydrogen-bond donors (Lipinski definition) is 1. The van der Waals surface area contributed by atoms with Gasteiger partial charge in [-0.15, -0.1) is 0 Å². The van der Waals surface area contributed by atoms with Crippen LogP contribution in [-0.2, 0) is 0 Å². The number of aromatic nitrogens is 2. The van der Waals surface area contributed by atoms with Gasteiger partial charge in [-0.05, 0) is 44.5 Å². The maximum atomic E-state index is 4.47. The van der Waals surface area contributed by atoms with Crippen molar-refractivity contribution >= 4 is 21.9 Å². The Morgan fingerprint density at radius 2 is 2.06 bits per heavy atom. The largest absolute Gasteiger partial charge is 0.356 e. The summed E-state index contributed by atoms with van der Waals surface area (Å²) >= 11 is 3.53. The molecule has 90 valence electrons. The molecular formula is C13H16BrN3. The van der Waals surface area contributed by atoms with Gasteiger partial charge in [0.15, 0.2) is 0 Å². The van der Waals surface area contributed by atoms with Crippen molar-refractivity contribution in [3.63, 3.8) is 0 Å². The van der Waals surface area contributed by atoms with Crippen LogP contribution in [0.25, 0.3) is 5.69 Å². The summed E-state index contributed by atoms with van der Waals surface area (Å²) in [6.45, 7) is 7.02. The summed E-state index contributed by atoms with van der Waals surface area (Å²) in [6, 6.07) is 6.34. The lowest BCUT2D eigenvalue weighted by molar-refractivity contribution is 1.02. The summed E-state index contributed by atoms with van der Waals surface area (Å²) in [7, 11) is 0. The minimum Gasteiger partial charge on any atom is -0.356 e. The third-order valence-corrected chi connectivity index (χ3v) is 2.92. The smallest absolute Gasteiger partial charge is 0.207 e. The third-order valence-electron chi connectivity index (χ3n) is 2.47.